The van der Waals surface area contributed by atoms with Crippen molar-refractivity contribution in [2.45, 2.75) is 190 Å². The molecule has 268 valence electrons. The monoisotopic (exact) mass is 860 g/mol. The molecular formula is C35H72O8Sn2. The molecular weight excluding hydrogens is 786 g/mol. The van der Waals surface area contributed by atoms with E-state index in [0.29, 0.717) is 24.1 Å². The molecule has 0 radical (unpaired) electrons. The second-order valence-electron chi connectivity index (χ2n) is 12.5. The zero-order valence-electron chi connectivity index (χ0n) is 30.4. The zero-order valence-corrected chi connectivity index (χ0v) is 36.1. The van der Waals surface area contributed by atoms with Gasteiger partial charge in [-0.25, -0.2) is 0 Å². The van der Waals surface area contributed by atoms with Crippen LogP contribution in [0, 0.1) is 0 Å². The number of rotatable bonds is 32. The molecule has 0 N–H and O–H groups in total. The second-order valence-corrected chi connectivity index (χ2v) is 32.4. The van der Waals surface area contributed by atoms with E-state index in [-0.39, 0.29) is 6.61 Å². The van der Waals surface area contributed by atoms with E-state index >= 15 is 0 Å². The number of hydrogen-bond donors (Lipinski definition) is 0. The van der Waals surface area contributed by atoms with Crippen LogP contribution in [0.25, 0.3) is 0 Å². The number of unbranched alkanes of at least 4 members (excludes halogenated alkanes) is 15. The molecule has 1 unspecified atom stereocenters. The first-order valence-electron chi connectivity index (χ1n) is 18.9. The minimum absolute atomic E-state index is 0.287. The van der Waals surface area contributed by atoms with Gasteiger partial charge in [-0.3, -0.25) is 0 Å². The molecule has 0 saturated carbocycles. The van der Waals surface area contributed by atoms with Gasteiger partial charge in [-0.2, -0.15) is 0 Å². The summed E-state index contributed by atoms with van der Waals surface area (Å²) in [4.78, 5) is 26.2. The normalized spacial score (nSPS) is 12.9. The van der Waals surface area contributed by atoms with E-state index in [0.717, 1.165) is 79.5 Å². The van der Waals surface area contributed by atoms with Gasteiger partial charge in [0.05, 0.1) is 0 Å². The molecule has 10 heteroatoms. The van der Waals surface area contributed by atoms with Crippen molar-refractivity contribution in [1.29, 1.82) is 0 Å². The van der Waals surface area contributed by atoms with E-state index in [9.17, 15) is 9.59 Å². The Morgan fingerprint density at radius 3 is 1.22 bits per heavy atom. The van der Waals surface area contributed by atoms with Crippen LogP contribution >= 0.6 is 0 Å². The zero-order chi connectivity index (χ0) is 33.5. The Morgan fingerprint density at radius 2 is 0.800 bits per heavy atom. The van der Waals surface area contributed by atoms with Gasteiger partial charge in [0.15, 0.2) is 0 Å². The maximum atomic E-state index is 13.2. The van der Waals surface area contributed by atoms with Crippen molar-refractivity contribution in [3.05, 3.63) is 0 Å². The summed E-state index contributed by atoms with van der Waals surface area (Å²) >= 11 is -8.88. The van der Waals surface area contributed by atoms with Gasteiger partial charge in [-0.05, 0) is 0 Å². The summed E-state index contributed by atoms with van der Waals surface area (Å²) in [7, 11) is 0. The average Bonchev–Trinajstić information content (AvgIpc) is 3.03. The van der Waals surface area contributed by atoms with Gasteiger partial charge in [-0.15, -0.1) is 0 Å². The molecule has 0 saturated heterocycles. The van der Waals surface area contributed by atoms with E-state index in [1.807, 2.05) is 13.8 Å². The van der Waals surface area contributed by atoms with Crippen LogP contribution < -0.4 is 0 Å². The van der Waals surface area contributed by atoms with E-state index < -0.39 is 51.1 Å². The first kappa shape index (κ1) is 45.1. The van der Waals surface area contributed by atoms with Crippen LogP contribution in [0.3, 0.4) is 0 Å². The SMILES string of the molecule is CCCCCCC[CH2][Sn]([CH2]CCCCCCC)([O]C(=O)OCCC)[O][Sn]([CH2]CCCCCCC)([O]CCC)[O]C(=O)OCCC. The third kappa shape index (κ3) is 24.8. The van der Waals surface area contributed by atoms with Crippen molar-refractivity contribution in [3.63, 3.8) is 0 Å². The number of hydrogen-bond acceptors (Lipinski definition) is 8. The summed E-state index contributed by atoms with van der Waals surface area (Å²) in [6, 6.07) is 0. The third-order valence-electron chi connectivity index (χ3n) is 7.88. The van der Waals surface area contributed by atoms with Crippen LogP contribution in [0.1, 0.15) is 176 Å². The summed E-state index contributed by atoms with van der Waals surface area (Å²) in [5, 5.41) is 0. The second kappa shape index (κ2) is 31.3. The van der Waals surface area contributed by atoms with E-state index in [1.54, 1.807) is 0 Å². The van der Waals surface area contributed by atoms with Crippen LogP contribution in [0.15, 0.2) is 0 Å². The van der Waals surface area contributed by atoms with Crippen LogP contribution in [0.2, 0.25) is 13.3 Å². The molecule has 0 spiro atoms. The Bertz CT molecular complexity index is 681. The fraction of sp³-hybridized carbons (Fsp3) is 0.943. The summed E-state index contributed by atoms with van der Waals surface area (Å²) in [5.74, 6) is 0. The Hall–Kier alpha value is 0.0574. The van der Waals surface area contributed by atoms with Crippen molar-refractivity contribution >= 4 is 51.1 Å². The first-order valence-corrected chi connectivity index (χ1v) is 30.8. The molecule has 0 aliphatic carbocycles. The fourth-order valence-corrected chi connectivity index (χ4v) is 39.7. The van der Waals surface area contributed by atoms with Crippen LogP contribution in [0.4, 0.5) is 9.59 Å². The van der Waals surface area contributed by atoms with Gasteiger partial charge in [0.25, 0.3) is 0 Å². The molecule has 0 rings (SSSR count). The number of carbonyl (C=O) groups is 2. The van der Waals surface area contributed by atoms with Gasteiger partial charge < -0.3 is 0 Å². The predicted octanol–water partition coefficient (Wildman–Crippen LogP) is 12.0. The molecule has 0 fully saturated rings. The Balaban J connectivity index is 6.39. The molecule has 0 aromatic heterocycles. The van der Waals surface area contributed by atoms with Crippen molar-refractivity contribution in [3.8, 4) is 0 Å². The quantitative estimate of drug-likeness (QED) is 0.0375. The average molecular weight is 858 g/mol. The molecule has 0 bridgehead atoms. The molecule has 1 atom stereocenters. The molecule has 0 aliphatic rings. The molecule has 0 amide bonds. The first-order chi connectivity index (χ1) is 21.9. The minimum atomic E-state index is -4.61. The van der Waals surface area contributed by atoms with E-state index in [2.05, 4.69) is 27.7 Å². The van der Waals surface area contributed by atoms with Gasteiger partial charge in [-0.1, -0.05) is 0 Å². The van der Waals surface area contributed by atoms with E-state index in [4.69, 9.17) is 20.1 Å². The van der Waals surface area contributed by atoms with Crippen LogP contribution in [-0.2, 0) is 20.1 Å². The summed E-state index contributed by atoms with van der Waals surface area (Å²) in [5.41, 5.74) is 0. The Morgan fingerprint density at radius 1 is 0.422 bits per heavy atom. The fourth-order valence-electron chi connectivity index (χ4n) is 5.32. The Labute approximate surface area is 288 Å². The van der Waals surface area contributed by atoms with Crippen molar-refractivity contribution in [2.75, 3.05) is 19.8 Å². The van der Waals surface area contributed by atoms with E-state index in [1.165, 1.54) is 57.8 Å². The van der Waals surface area contributed by atoms with Gasteiger partial charge in [0.1, 0.15) is 0 Å². The van der Waals surface area contributed by atoms with Gasteiger partial charge in [0.2, 0.25) is 0 Å². The third-order valence-corrected chi connectivity index (χ3v) is 36.8. The molecule has 0 aliphatic heterocycles. The molecule has 0 heterocycles. The summed E-state index contributed by atoms with van der Waals surface area (Å²) in [6.45, 7) is 13.7. The standard InChI is InChI=1S/3C8H17.2C4H8O3.C3H7O.O.2Sn/c3*1-3-5-7-8-6-4-2;2*1-2-3-7-4(5)6;1-2-3-4;;;/h3*1,3-8H2,2H3;2*2-3H2,1H3,(H,5,6);2-3H2,1H3;;;/q;;;;;-1;;+1;+2/p-2. The number of ether oxygens (including phenoxy) is 2. The van der Waals surface area contributed by atoms with Crippen molar-refractivity contribution in [2.24, 2.45) is 0 Å². The Kier molecular flexibility index (Phi) is 31.4. The molecule has 0 aromatic carbocycles. The van der Waals surface area contributed by atoms with Crippen LogP contribution in [-0.4, -0.2) is 71.0 Å². The maximum absolute atomic E-state index is 13.2. The van der Waals surface area contributed by atoms with Crippen LogP contribution in [0.5, 0.6) is 0 Å². The molecule has 0 aromatic rings. The van der Waals surface area contributed by atoms with Crippen molar-refractivity contribution in [1.82, 2.24) is 0 Å². The predicted molar refractivity (Wildman–Crippen MR) is 189 cm³/mol. The summed E-state index contributed by atoms with van der Waals surface area (Å²) < 4.78 is 39.5. The molecule has 8 nitrogen and oxygen atoms in total. The van der Waals surface area contributed by atoms with Crippen molar-refractivity contribution < 1.29 is 29.7 Å². The van der Waals surface area contributed by atoms with Gasteiger partial charge >= 0.3 is 290 Å². The topological polar surface area (TPSA) is 89.5 Å². The summed E-state index contributed by atoms with van der Waals surface area (Å²) in [6.07, 6.45) is 21.1. The van der Waals surface area contributed by atoms with Gasteiger partial charge in [0, 0.05) is 0 Å². The molecule has 45 heavy (non-hydrogen) atoms. The number of carbonyl (C=O) groups excluding carboxylic acids is 2.